The van der Waals surface area contributed by atoms with Gasteiger partial charge in [0, 0.05) is 156 Å². The molecule has 0 saturated heterocycles. The summed E-state index contributed by atoms with van der Waals surface area (Å²) in [7, 11) is -61.7. The Morgan fingerprint density at radius 3 is 0.167 bits per heavy atom. The fourth-order valence-electron chi connectivity index (χ4n) is 0. The molecule has 4 radical (unpaired) electrons. The van der Waals surface area contributed by atoms with Gasteiger partial charge in [0.15, 0.2) is 0 Å². The Hall–Kier alpha value is 9.93. The van der Waals surface area contributed by atoms with E-state index in [0.29, 0.717) is 0 Å². The summed E-state index contributed by atoms with van der Waals surface area (Å²) in [5, 5.41) is 0. The Bertz CT molecular complexity index is 970. The van der Waals surface area contributed by atoms with Crippen LogP contribution in [0.2, 0.25) is 0 Å². The maximum absolute atomic E-state index is 8.52. The van der Waals surface area contributed by atoms with E-state index >= 15 is 0 Å². The van der Waals surface area contributed by atoms with Gasteiger partial charge in [0.2, 0.25) is 0 Å². The molecule has 0 rings (SSSR count). The standard InChI is InChI=1S/2Ca.2Ce.2La.2Mg.2Mn.2Na.17O3Si.2Sr.2Zn/c;;;;;;;;;;;;17*1-4(2)3;;;;/q2*+2;4*+3;4*+2;2*+1;17*-2;4*+2. The van der Waals surface area contributed by atoms with Crippen molar-refractivity contribution >= 4 is 368 Å². The summed E-state index contributed by atoms with van der Waals surface area (Å²) < 4.78 is 145. The minimum Gasteiger partial charge on any atom is -0.672 e. The maximum Gasteiger partial charge on any atom is 3.00 e. The molecular weight excluding hydrogens is 2440 g/mol. The van der Waals surface area contributed by atoms with Crippen LogP contribution in [0.5, 0.6) is 0 Å². The number of hydrogen-bond donors (Lipinski definition) is 0. The quantitative estimate of drug-likeness (QED) is 0.203. The molecule has 0 spiro atoms. The summed E-state index contributed by atoms with van der Waals surface area (Å²) in [6.07, 6.45) is 0. The van der Waals surface area contributed by atoms with Gasteiger partial charge >= 0.3 is 499 Å². The average Bonchev–Trinajstić information content (AvgIpc) is 2.87. The first-order valence-corrected chi connectivity index (χ1v) is 31.2. The normalized spacial score (nSPS) is 4.86. The molecule has 420 valence electrons. The van der Waals surface area contributed by atoms with E-state index in [2.05, 4.69) is 0 Å². The molecule has 0 unspecified atom stereocenters. The SMILES string of the molecule is O=[Si]([O-])[O-].O=[Si]([O-])[O-].O=[Si]([O-])[O-].O=[Si]([O-])[O-].O=[Si]([O-])[O-].O=[Si]([O-])[O-].O=[Si]([O-])[O-].O=[Si]([O-])[O-].O=[Si]([O-])[O-].O=[Si]([O-])[O-].O=[Si]([O-])[O-].O=[Si]([O-])[O-].O=[Si]([O-])[O-].O=[Si]([O-])[O-].O=[Si]([O-])[O-].O=[Si]([O-])[O-].O=[Si]([O-])[O-].[Ca+2].[Ca+2].[Ce+3].[Ce+3].[La+3].[La+3].[Mg+2].[Mg+2].[Mn+2].[Mn+2].[Na+].[Na+].[Sr+2].[Sr+2].[Zn+2].[Zn+2]. The molecule has 0 heterocycles. The van der Waals surface area contributed by atoms with Gasteiger partial charge in [-0.05, 0) is 0 Å². The summed E-state index contributed by atoms with van der Waals surface area (Å²) in [5.74, 6) is 0. The van der Waals surface area contributed by atoms with Crippen molar-refractivity contribution in [3.63, 3.8) is 0 Å². The monoisotopic (exact) mass is 2440 g/mol. The first kappa shape index (κ1) is 219. The summed E-state index contributed by atoms with van der Waals surface area (Å²) >= 11 is 0. The van der Waals surface area contributed by atoms with E-state index in [1.165, 1.54) is 0 Å². The second-order valence-corrected chi connectivity index (χ2v) is 12.8. The van der Waals surface area contributed by atoms with E-state index in [1.54, 1.807) is 0 Å². The zero-order valence-electron chi connectivity index (χ0n) is 39.9. The zero-order chi connectivity index (χ0) is 60.8. The molecular formula is Ca2Ce2La2Mg2Mn2Na2O51Si17Sr2Zn2. The molecule has 51 nitrogen and oxygen atoms in total. The van der Waals surface area contributed by atoms with E-state index in [4.69, 9.17) is 239 Å². The molecule has 0 aromatic carbocycles. The molecule has 0 fully saturated rings. The smallest absolute Gasteiger partial charge is 0.672 e. The van der Waals surface area contributed by atoms with Crippen LogP contribution in [-0.2, 0) is 149 Å². The first-order chi connectivity index (χ1) is 29.4. The molecule has 0 N–H and O–H groups in total. The molecule has 84 heavy (non-hydrogen) atoms. The largest absolute Gasteiger partial charge is 3.00 e. The van der Waals surface area contributed by atoms with E-state index in [1.807, 2.05) is 0 Å². The van der Waals surface area contributed by atoms with Crippen molar-refractivity contribution in [1.29, 1.82) is 0 Å². The van der Waals surface area contributed by atoms with Gasteiger partial charge in [-0.2, -0.15) is 0 Å². The zero-order valence-corrected chi connectivity index (χ0v) is 96.9. The van der Waals surface area contributed by atoms with Gasteiger partial charge in [-0.15, -0.1) is 0 Å². The fraction of sp³-hybridized carbons (Fsp3) is 0. The van der Waals surface area contributed by atoms with Crippen molar-refractivity contribution in [2.75, 3.05) is 0 Å². The van der Waals surface area contributed by atoms with Gasteiger partial charge < -0.3 is 239 Å². The van der Waals surface area contributed by atoms with E-state index < -0.39 is 156 Å². The third kappa shape index (κ3) is 7710. The summed E-state index contributed by atoms with van der Waals surface area (Å²) in [6.45, 7) is 0. The van der Waals surface area contributed by atoms with Gasteiger partial charge in [0.05, 0.1) is 0 Å². The topological polar surface area (TPSA) is 1070 Å². The molecule has 0 aromatic heterocycles. The Morgan fingerprint density at radius 2 is 0.167 bits per heavy atom. The van der Waals surface area contributed by atoms with Crippen LogP contribution < -0.4 is 222 Å². The van der Waals surface area contributed by atoms with E-state index in [-0.39, 0.29) is 499 Å². The molecule has 0 saturated carbocycles. The predicted octanol–water partition coefficient (Wildman–Crippen LogP) is -57.2. The minimum atomic E-state index is -3.63. The van der Waals surface area contributed by atoms with Crippen LogP contribution in [0.25, 0.3) is 0 Å². The minimum absolute atomic E-state index is 0. The maximum atomic E-state index is 8.52. The Labute approximate surface area is 872 Å². The van der Waals surface area contributed by atoms with Crippen LogP contribution in [0.15, 0.2) is 0 Å². The van der Waals surface area contributed by atoms with Crippen LogP contribution in [0.1, 0.15) is 0 Å². The van der Waals surface area contributed by atoms with Crippen molar-refractivity contribution in [3.8, 4) is 0 Å². The van der Waals surface area contributed by atoms with Crippen molar-refractivity contribution in [2.45, 2.75) is 0 Å². The summed E-state index contributed by atoms with van der Waals surface area (Å²) in [4.78, 5) is 290. The first-order valence-electron chi connectivity index (χ1n) is 10.4. The summed E-state index contributed by atoms with van der Waals surface area (Å²) in [6, 6.07) is 0. The molecule has 0 aliphatic heterocycles. The van der Waals surface area contributed by atoms with Crippen LogP contribution in [0.4, 0.5) is 0 Å². The Balaban J connectivity index is -0.0000000105. The third-order valence-electron chi connectivity index (χ3n) is 0. The summed E-state index contributed by atoms with van der Waals surface area (Å²) in [5.41, 5.74) is 0. The van der Waals surface area contributed by atoms with Gasteiger partial charge in [0.25, 0.3) is 0 Å². The fourth-order valence-corrected chi connectivity index (χ4v) is 0. The molecule has 0 amide bonds. The van der Waals surface area contributed by atoms with Gasteiger partial charge in [-0.1, -0.05) is 0 Å². The van der Waals surface area contributed by atoms with Gasteiger partial charge in [-0.25, -0.2) is 0 Å². The van der Waals surface area contributed by atoms with Crippen molar-refractivity contribution in [3.05, 3.63) is 0 Å². The predicted molar refractivity (Wildman–Crippen MR) is 144 cm³/mol. The van der Waals surface area contributed by atoms with E-state index in [9.17, 15) is 0 Å². The Kier molecular flexibility index (Phi) is 550. The van der Waals surface area contributed by atoms with Crippen LogP contribution >= 0.6 is 0 Å². The van der Waals surface area contributed by atoms with Crippen LogP contribution in [-0.4, -0.2) is 368 Å². The molecule has 84 heteroatoms. The second kappa shape index (κ2) is 212. The molecule has 0 bridgehead atoms. The van der Waals surface area contributed by atoms with Gasteiger partial charge in [0.1, 0.15) is 0 Å². The molecule has 0 atom stereocenters. The third-order valence-corrected chi connectivity index (χ3v) is 0. The van der Waals surface area contributed by atoms with Crippen molar-refractivity contribution < 1.29 is 526 Å². The molecule has 0 aliphatic rings. The average molecular weight is 2440 g/mol. The number of rotatable bonds is 0. The van der Waals surface area contributed by atoms with Crippen LogP contribution in [0, 0.1) is 155 Å². The molecule has 0 aliphatic carbocycles. The van der Waals surface area contributed by atoms with Crippen molar-refractivity contribution in [2.24, 2.45) is 0 Å². The Morgan fingerprint density at radius 1 is 0.167 bits per heavy atom. The van der Waals surface area contributed by atoms with E-state index in [0.717, 1.165) is 0 Å². The number of hydrogen-bond acceptors (Lipinski definition) is 51. The van der Waals surface area contributed by atoms with Crippen LogP contribution in [0.3, 0.4) is 0 Å². The van der Waals surface area contributed by atoms with Crippen molar-refractivity contribution in [1.82, 2.24) is 0 Å². The molecule has 0 aromatic rings. The second-order valence-electron chi connectivity index (χ2n) is 4.25. The van der Waals surface area contributed by atoms with Gasteiger partial charge in [-0.3, -0.25) is 0 Å².